The Labute approximate surface area is 125 Å². The van der Waals surface area contributed by atoms with Crippen molar-refractivity contribution in [2.75, 3.05) is 18.8 Å². The van der Waals surface area contributed by atoms with Gasteiger partial charge in [0.15, 0.2) is 5.16 Å². The molecule has 2 rings (SSSR count). The highest BCUT2D eigenvalue weighted by molar-refractivity contribution is 7.99. The third kappa shape index (κ3) is 4.78. The quantitative estimate of drug-likeness (QED) is 0.573. The van der Waals surface area contributed by atoms with Crippen molar-refractivity contribution in [1.29, 1.82) is 0 Å². The van der Waals surface area contributed by atoms with Gasteiger partial charge in [0.2, 0.25) is 5.91 Å². The molecule has 0 bridgehead atoms. The van der Waals surface area contributed by atoms with Crippen molar-refractivity contribution in [3.63, 3.8) is 0 Å². The van der Waals surface area contributed by atoms with Crippen LogP contribution >= 0.6 is 11.8 Å². The zero-order chi connectivity index (χ0) is 14.5. The highest BCUT2D eigenvalue weighted by Gasteiger charge is 2.26. The Kier molecular flexibility index (Phi) is 5.40. The van der Waals surface area contributed by atoms with Crippen LogP contribution in [0.3, 0.4) is 0 Å². The van der Waals surface area contributed by atoms with Crippen LogP contribution < -0.4 is 0 Å². The number of hydrogen-bond donors (Lipinski definition) is 0. The van der Waals surface area contributed by atoms with Crippen molar-refractivity contribution >= 4 is 17.7 Å². The number of thioether (sulfide) groups is 1. The summed E-state index contributed by atoms with van der Waals surface area (Å²) in [5, 5.41) is 0.707. The molecule has 20 heavy (non-hydrogen) atoms. The monoisotopic (exact) mass is 293 g/mol. The number of aromatic nitrogens is 2. The van der Waals surface area contributed by atoms with Crippen LogP contribution in [0, 0.1) is 19.8 Å². The molecule has 1 aromatic rings. The van der Waals surface area contributed by atoms with Crippen molar-refractivity contribution < 1.29 is 4.79 Å². The molecule has 0 aliphatic heterocycles. The van der Waals surface area contributed by atoms with Crippen LogP contribution in [0.2, 0.25) is 0 Å². The van der Waals surface area contributed by atoms with Crippen LogP contribution in [0.15, 0.2) is 11.2 Å². The molecule has 1 amide bonds. The van der Waals surface area contributed by atoms with Crippen LogP contribution in [-0.2, 0) is 4.79 Å². The van der Waals surface area contributed by atoms with E-state index in [2.05, 4.69) is 16.9 Å². The molecule has 1 fully saturated rings. The standard InChI is InChI=1S/C15H23N3OS/c1-4-7-18(9-13-5-6-13)14(19)10-20-15-16-11(2)8-12(3)17-15/h8,13H,4-7,9-10H2,1-3H3. The molecule has 0 aromatic carbocycles. The smallest absolute Gasteiger partial charge is 0.233 e. The fraction of sp³-hybridized carbons (Fsp3) is 0.667. The molecule has 1 aromatic heterocycles. The number of rotatable bonds is 7. The minimum absolute atomic E-state index is 0.214. The van der Waals surface area contributed by atoms with Gasteiger partial charge in [-0.25, -0.2) is 9.97 Å². The largest absolute Gasteiger partial charge is 0.342 e. The maximum atomic E-state index is 12.3. The molecule has 4 nitrogen and oxygen atoms in total. The van der Waals surface area contributed by atoms with E-state index in [0.29, 0.717) is 10.9 Å². The predicted molar refractivity (Wildman–Crippen MR) is 81.8 cm³/mol. The second-order valence-corrected chi connectivity index (χ2v) is 6.45. The summed E-state index contributed by atoms with van der Waals surface area (Å²) in [4.78, 5) is 23.0. The number of amides is 1. The molecule has 0 radical (unpaired) electrons. The summed E-state index contributed by atoms with van der Waals surface area (Å²) in [6.45, 7) is 7.83. The zero-order valence-corrected chi connectivity index (χ0v) is 13.4. The lowest BCUT2D eigenvalue weighted by molar-refractivity contribution is -0.128. The van der Waals surface area contributed by atoms with E-state index in [1.807, 2.05) is 24.8 Å². The molecule has 5 heteroatoms. The highest BCUT2D eigenvalue weighted by atomic mass is 32.2. The zero-order valence-electron chi connectivity index (χ0n) is 12.6. The molecular formula is C15H23N3OS. The van der Waals surface area contributed by atoms with Gasteiger partial charge in [-0.2, -0.15) is 0 Å². The van der Waals surface area contributed by atoms with Gasteiger partial charge in [0.05, 0.1) is 5.75 Å². The van der Waals surface area contributed by atoms with Gasteiger partial charge in [-0.15, -0.1) is 0 Å². The Morgan fingerprint density at radius 2 is 2.00 bits per heavy atom. The lowest BCUT2D eigenvalue weighted by Gasteiger charge is -2.21. The SMILES string of the molecule is CCCN(CC1CC1)C(=O)CSc1nc(C)cc(C)n1. The van der Waals surface area contributed by atoms with Gasteiger partial charge >= 0.3 is 0 Å². The van der Waals surface area contributed by atoms with Gasteiger partial charge in [0, 0.05) is 24.5 Å². The summed E-state index contributed by atoms with van der Waals surface area (Å²) in [5.41, 5.74) is 1.91. The summed E-state index contributed by atoms with van der Waals surface area (Å²) < 4.78 is 0. The van der Waals surface area contributed by atoms with Gasteiger partial charge in [0.1, 0.15) is 0 Å². The molecule has 1 heterocycles. The van der Waals surface area contributed by atoms with E-state index in [9.17, 15) is 4.79 Å². The second-order valence-electron chi connectivity index (χ2n) is 5.51. The summed E-state index contributed by atoms with van der Waals surface area (Å²) in [6.07, 6.45) is 3.57. The Morgan fingerprint density at radius 1 is 1.35 bits per heavy atom. The van der Waals surface area contributed by atoms with E-state index < -0.39 is 0 Å². The second kappa shape index (κ2) is 7.07. The lowest BCUT2D eigenvalue weighted by Crippen LogP contribution is -2.35. The molecule has 0 spiro atoms. The molecule has 1 aliphatic rings. The summed E-state index contributed by atoms with van der Waals surface area (Å²) in [7, 11) is 0. The fourth-order valence-corrected chi connectivity index (χ4v) is 3.03. The average molecular weight is 293 g/mol. The molecule has 110 valence electrons. The average Bonchev–Trinajstić information content (AvgIpc) is 3.18. The first kappa shape index (κ1) is 15.3. The predicted octanol–water partition coefficient (Wildman–Crippen LogP) is 2.83. The molecular weight excluding hydrogens is 270 g/mol. The van der Waals surface area contributed by atoms with Crippen LogP contribution in [0.5, 0.6) is 0 Å². The van der Waals surface area contributed by atoms with E-state index in [0.717, 1.165) is 36.8 Å². The van der Waals surface area contributed by atoms with Gasteiger partial charge in [-0.1, -0.05) is 18.7 Å². The van der Waals surface area contributed by atoms with Gasteiger partial charge in [-0.05, 0) is 45.1 Å². The summed E-state index contributed by atoms with van der Waals surface area (Å²) in [6, 6.07) is 1.95. The Balaban J connectivity index is 1.88. The van der Waals surface area contributed by atoms with E-state index in [1.165, 1.54) is 24.6 Å². The number of carbonyl (C=O) groups is 1. The Morgan fingerprint density at radius 3 is 2.55 bits per heavy atom. The van der Waals surface area contributed by atoms with Crippen LogP contribution in [0.25, 0.3) is 0 Å². The van der Waals surface area contributed by atoms with Crippen molar-refractivity contribution in [3.8, 4) is 0 Å². The number of hydrogen-bond acceptors (Lipinski definition) is 4. The van der Waals surface area contributed by atoms with E-state index in [1.54, 1.807) is 0 Å². The van der Waals surface area contributed by atoms with Gasteiger partial charge in [0.25, 0.3) is 0 Å². The Hall–Kier alpha value is -1.10. The van der Waals surface area contributed by atoms with Crippen LogP contribution in [0.1, 0.15) is 37.6 Å². The molecule has 0 atom stereocenters. The van der Waals surface area contributed by atoms with E-state index in [-0.39, 0.29) is 5.91 Å². The maximum Gasteiger partial charge on any atom is 0.233 e. The Bertz CT molecular complexity index is 454. The van der Waals surface area contributed by atoms with Crippen molar-refractivity contribution in [2.45, 2.75) is 45.2 Å². The van der Waals surface area contributed by atoms with Crippen LogP contribution in [0.4, 0.5) is 0 Å². The highest BCUT2D eigenvalue weighted by Crippen LogP contribution is 2.30. The molecule has 0 saturated heterocycles. The topological polar surface area (TPSA) is 46.1 Å². The first-order valence-corrected chi connectivity index (χ1v) is 8.30. The third-order valence-corrected chi connectivity index (χ3v) is 4.14. The number of carbonyl (C=O) groups excluding carboxylic acids is 1. The molecule has 1 aliphatic carbocycles. The van der Waals surface area contributed by atoms with Gasteiger partial charge < -0.3 is 4.90 Å². The van der Waals surface area contributed by atoms with Gasteiger partial charge in [-0.3, -0.25) is 4.79 Å². The molecule has 0 N–H and O–H groups in total. The maximum absolute atomic E-state index is 12.3. The minimum Gasteiger partial charge on any atom is -0.342 e. The first-order chi connectivity index (χ1) is 9.58. The number of nitrogens with zero attached hydrogens (tertiary/aromatic N) is 3. The fourth-order valence-electron chi connectivity index (χ4n) is 2.18. The molecule has 1 saturated carbocycles. The first-order valence-electron chi connectivity index (χ1n) is 7.31. The van der Waals surface area contributed by atoms with E-state index >= 15 is 0 Å². The van der Waals surface area contributed by atoms with Crippen molar-refractivity contribution in [2.24, 2.45) is 5.92 Å². The lowest BCUT2D eigenvalue weighted by atomic mass is 10.3. The van der Waals surface area contributed by atoms with Crippen molar-refractivity contribution in [3.05, 3.63) is 17.5 Å². The van der Waals surface area contributed by atoms with Crippen molar-refractivity contribution in [1.82, 2.24) is 14.9 Å². The minimum atomic E-state index is 0.214. The normalized spacial score (nSPS) is 14.3. The molecule has 0 unspecified atom stereocenters. The van der Waals surface area contributed by atoms with E-state index in [4.69, 9.17) is 0 Å². The summed E-state index contributed by atoms with van der Waals surface area (Å²) >= 11 is 1.45. The third-order valence-electron chi connectivity index (χ3n) is 3.31. The number of aryl methyl sites for hydroxylation is 2. The van der Waals surface area contributed by atoms with Crippen LogP contribution in [-0.4, -0.2) is 39.6 Å². The summed E-state index contributed by atoms with van der Waals surface area (Å²) in [5.74, 6) is 1.40.